The third-order valence-corrected chi connectivity index (χ3v) is 4.55. The lowest BCUT2D eigenvalue weighted by atomic mass is 10.1. The topological polar surface area (TPSA) is 35.0 Å². The van der Waals surface area contributed by atoms with Crippen LogP contribution in [-0.2, 0) is 11.3 Å². The number of benzene rings is 1. The number of hydrogen-bond acceptors (Lipinski definition) is 3. The summed E-state index contributed by atoms with van der Waals surface area (Å²) in [6.45, 7) is 2.37. The monoisotopic (exact) mass is 408 g/mol. The van der Waals surface area contributed by atoms with Crippen molar-refractivity contribution in [1.82, 2.24) is 9.97 Å². The molecule has 0 spiro atoms. The summed E-state index contributed by atoms with van der Waals surface area (Å²) in [7, 11) is 1.62. The van der Waals surface area contributed by atoms with Gasteiger partial charge >= 0.3 is 0 Å². The van der Waals surface area contributed by atoms with Gasteiger partial charge in [-0.1, -0.05) is 23.2 Å². The van der Waals surface area contributed by atoms with Gasteiger partial charge in [0.05, 0.1) is 15.9 Å². The lowest BCUT2D eigenvalue weighted by Crippen LogP contribution is -2.02. The van der Waals surface area contributed by atoms with E-state index in [-0.39, 0.29) is 0 Å². The first kappa shape index (κ1) is 15.0. The van der Waals surface area contributed by atoms with E-state index in [1.165, 1.54) is 0 Å². The quantitative estimate of drug-likeness (QED) is 0.553. The van der Waals surface area contributed by atoms with Crippen molar-refractivity contribution in [3.63, 3.8) is 0 Å². The summed E-state index contributed by atoms with van der Waals surface area (Å²) in [5.41, 5.74) is 2.71. The van der Waals surface area contributed by atoms with Gasteiger partial charge in [0.25, 0.3) is 0 Å². The molecule has 1 heterocycles. The van der Waals surface area contributed by atoms with E-state index in [4.69, 9.17) is 27.9 Å². The standard InChI is InChI=1S/C13H11Cl2IN2O/c1-7-5-8(14)3-4-9(7)13-17-10(6-19-2)11(16)12(15)18-13/h3-5H,6H2,1-2H3. The van der Waals surface area contributed by atoms with E-state index < -0.39 is 0 Å². The Morgan fingerprint density at radius 3 is 2.63 bits per heavy atom. The molecule has 100 valence electrons. The smallest absolute Gasteiger partial charge is 0.161 e. The van der Waals surface area contributed by atoms with Crippen molar-refractivity contribution in [2.24, 2.45) is 0 Å². The number of hydrogen-bond donors (Lipinski definition) is 0. The molecular formula is C13H11Cl2IN2O. The summed E-state index contributed by atoms with van der Waals surface area (Å²) in [6.07, 6.45) is 0. The van der Waals surface area contributed by atoms with E-state index in [0.717, 1.165) is 20.4 Å². The van der Waals surface area contributed by atoms with E-state index in [1.54, 1.807) is 7.11 Å². The van der Waals surface area contributed by atoms with Gasteiger partial charge in [0.15, 0.2) is 5.82 Å². The largest absolute Gasteiger partial charge is 0.378 e. The molecule has 3 nitrogen and oxygen atoms in total. The predicted octanol–water partition coefficient (Wildman–Crippen LogP) is 4.51. The average molecular weight is 409 g/mol. The zero-order chi connectivity index (χ0) is 14.0. The van der Waals surface area contributed by atoms with E-state index in [9.17, 15) is 0 Å². The minimum absolute atomic E-state index is 0.403. The van der Waals surface area contributed by atoms with Gasteiger partial charge in [-0.3, -0.25) is 0 Å². The molecule has 2 aromatic rings. The zero-order valence-corrected chi connectivity index (χ0v) is 14.0. The highest BCUT2D eigenvalue weighted by Gasteiger charge is 2.13. The van der Waals surface area contributed by atoms with E-state index in [1.807, 2.05) is 25.1 Å². The van der Waals surface area contributed by atoms with Crippen LogP contribution in [0.4, 0.5) is 0 Å². The Morgan fingerprint density at radius 1 is 1.26 bits per heavy atom. The number of halogens is 3. The molecule has 6 heteroatoms. The fourth-order valence-electron chi connectivity index (χ4n) is 1.69. The minimum atomic E-state index is 0.403. The van der Waals surface area contributed by atoms with Crippen LogP contribution in [0.25, 0.3) is 11.4 Å². The van der Waals surface area contributed by atoms with Crippen molar-refractivity contribution in [3.8, 4) is 11.4 Å². The van der Waals surface area contributed by atoms with Crippen molar-refractivity contribution >= 4 is 45.8 Å². The fraction of sp³-hybridized carbons (Fsp3) is 0.231. The van der Waals surface area contributed by atoms with Crippen molar-refractivity contribution in [2.45, 2.75) is 13.5 Å². The Kier molecular flexibility index (Phi) is 5.00. The van der Waals surface area contributed by atoms with Crippen LogP contribution in [0.3, 0.4) is 0 Å². The molecule has 1 aromatic carbocycles. The second kappa shape index (κ2) is 6.35. The summed E-state index contributed by atoms with van der Waals surface area (Å²) in [5, 5.41) is 1.13. The Balaban J connectivity index is 2.56. The fourth-order valence-corrected chi connectivity index (χ4v) is 2.51. The van der Waals surface area contributed by atoms with Gasteiger partial charge in [0.1, 0.15) is 5.15 Å². The average Bonchev–Trinajstić information content (AvgIpc) is 2.35. The van der Waals surface area contributed by atoms with E-state index in [2.05, 4.69) is 32.6 Å². The Labute approximate surface area is 135 Å². The second-order valence-electron chi connectivity index (χ2n) is 3.99. The van der Waals surface area contributed by atoms with E-state index >= 15 is 0 Å². The Hall–Kier alpha value is -0.430. The van der Waals surface area contributed by atoms with Crippen LogP contribution in [0, 0.1) is 10.5 Å². The third-order valence-electron chi connectivity index (χ3n) is 2.59. The van der Waals surface area contributed by atoms with Crippen LogP contribution in [-0.4, -0.2) is 17.1 Å². The molecular weight excluding hydrogens is 398 g/mol. The second-order valence-corrected chi connectivity index (χ2v) is 5.86. The van der Waals surface area contributed by atoms with Gasteiger partial charge < -0.3 is 4.74 Å². The first-order valence-electron chi connectivity index (χ1n) is 5.50. The highest BCUT2D eigenvalue weighted by molar-refractivity contribution is 14.1. The number of aromatic nitrogens is 2. The number of methoxy groups -OCH3 is 1. The number of ether oxygens (including phenoxy) is 1. The summed E-state index contributed by atoms with van der Waals surface area (Å²) >= 11 is 14.2. The molecule has 19 heavy (non-hydrogen) atoms. The Bertz CT molecular complexity index is 620. The third kappa shape index (κ3) is 3.37. The normalized spacial score (nSPS) is 10.8. The number of rotatable bonds is 3. The van der Waals surface area contributed by atoms with Crippen molar-refractivity contribution < 1.29 is 4.74 Å². The lowest BCUT2D eigenvalue weighted by Gasteiger charge is -2.09. The number of nitrogens with zero attached hydrogens (tertiary/aromatic N) is 2. The first-order chi connectivity index (χ1) is 9.02. The molecule has 0 atom stereocenters. The maximum absolute atomic E-state index is 6.15. The number of aryl methyl sites for hydroxylation is 1. The molecule has 0 saturated carbocycles. The SMILES string of the molecule is COCc1nc(-c2ccc(Cl)cc2C)nc(Cl)c1I. The summed E-state index contributed by atoms with van der Waals surface area (Å²) in [4.78, 5) is 8.84. The molecule has 0 unspecified atom stereocenters. The summed E-state index contributed by atoms with van der Waals surface area (Å²) < 4.78 is 5.95. The first-order valence-corrected chi connectivity index (χ1v) is 7.33. The molecule has 1 aromatic heterocycles. The van der Waals surface area contributed by atoms with Gasteiger partial charge in [-0.15, -0.1) is 0 Å². The molecule has 0 aliphatic rings. The molecule has 0 N–H and O–H groups in total. The molecule has 0 radical (unpaired) electrons. The predicted molar refractivity (Wildman–Crippen MR) is 85.7 cm³/mol. The summed E-state index contributed by atoms with van der Waals surface area (Å²) in [6, 6.07) is 5.59. The van der Waals surface area contributed by atoms with Crippen LogP contribution in [0.15, 0.2) is 18.2 Å². The van der Waals surface area contributed by atoms with Gasteiger partial charge in [0, 0.05) is 17.7 Å². The maximum atomic E-state index is 6.15. The van der Waals surface area contributed by atoms with Crippen molar-refractivity contribution in [2.75, 3.05) is 7.11 Å². The van der Waals surface area contributed by atoms with Gasteiger partial charge in [-0.25, -0.2) is 9.97 Å². The Morgan fingerprint density at radius 2 is 2.00 bits per heavy atom. The maximum Gasteiger partial charge on any atom is 0.161 e. The van der Waals surface area contributed by atoms with Gasteiger partial charge in [-0.2, -0.15) is 0 Å². The van der Waals surface area contributed by atoms with Crippen LogP contribution in [0.2, 0.25) is 10.2 Å². The van der Waals surface area contributed by atoms with Crippen molar-refractivity contribution in [3.05, 3.63) is 43.2 Å². The minimum Gasteiger partial charge on any atom is -0.378 e. The van der Waals surface area contributed by atoms with Gasteiger partial charge in [-0.05, 0) is 53.3 Å². The molecule has 2 rings (SSSR count). The van der Waals surface area contributed by atoms with Gasteiger partial charge in [0.2, 0.25) is 0 Å². The zero-order valence-electron chi connectivity index (χ0n) is 10.4. The highest BCUT2D eigenvalue weighted by Crippen LogP contribution is 2.27. The van der Waals surface area contributed by atoms with Crippen LogP contribution in [0.1, 0.15) is 11.3 Å². The highest BCUT2D eigenvalue weighted by atomic mass is 127. The molecule has 0 aliphatic carbocycles. The van der Waals surface area contributed by atoms with E-state index in [0.29, 0.717) is 22.6 Å². The molecule has 0 fully saturated rings. The molecule has 0 saturated heterocycles. The van der Waals surface area contributed by atoms with Crippen LogP contribution < -0.4 is 0 Å². The molecule has 0 bridgehead atoms. The summed E-state index contributed by atoms with van der Waals surface area (Å²) in [5.74, 6) is 0.589. The van der Waals surface area contributed by atoms with Crippen LogP contribution >= 0.6 is 45.8 Å². The molecule has 0 amide bonds. The molecule has 0 aliphatic heterocycles. The van der Waals surface area contributed by atoms with Crippen molar-refractivity contribution in [1.29, 1.82) is 0 Å². The lowest BCUT2D eigenvalue weighted by molar-refractivity contribution is 0.181. The van der Waals surface area contributed by atoms with Crippen LogP contribution in [0.5, 0.6) is 0 Å².